The van der Waals surface area contributed by atoms with E-state index in [0.29, 0.717) is 0 Å². The van der Waals surface area contributed by atoms with E-state index in [4.69, 9.17) is 0 Å². The molecule has 0 unspecified atom stereocenters. The highest BCUT2D eigenvalue weighted by molar-refractivity contribution is 6.18. The van der Waals surface area contributed by atoms with Gasteiger partial charge in [0.05, 0.1) is 33.8 Å². The fourth-order valence-electron chi connectivity index (χ4n) is 9.34. The average Bonchev–Trinajstić information content (AvgIpc) is 3.70. The van der Waals surface area contributed by atoms with E-state index in [-0.39, 0.29) is 0 Å². The smallest absolute Gasteiger partial charge is 0.0562 e. The molecule has 0 spiro atoms. The zero-order valence-electron chi connectivity index (χ0n) is 34.1. The number of fused-ring (bicyclic) bond motifs is 3. The van der Waals surface area contributed by atoms with Gasteiger partial charge in [-0.15, -0.1) is 0 Å². The lowest BCUT2D eigenvalue weighted by Gasteiger charge is -2.31. The summed E-state index contributed by atoms with van der Waals surface area (Å²) in [5, 5.41) is 2.37. The molecule has 0 radical (unpaired) electrons. The van der Waals surface area contributed by atoms with Gasteiger partial charge in [0.1, 0.15) is 0 Å². The first-order chi connectivity index (χ1) is 30.8. The van der Waals surface area contributed by atoms with Crippen LogP contribution in [0.25, 0.3) is 83.1 Å². The van der Waals surface area contributed by atoms with Crippen molar-refractivity contribution in [3.63, 3.8) is 0 Å². The molecule has 2 nitrogen and oxygen atoms in total. The number of hydrogen-bond acceptors (Lipinski definition) is 1. The van der Waals surface area contributed by atoms with Gasteiger partial charge >= 0.3 is 0 Å². The third kappa shape index (κ3) is 6.46. The van der Waals surface area contributed by atoms with Crippen molar-refractivity contribution >= 4 is 38.9 Å². The standard InChI is InChI=1S/C60H42N2/c1-5-23-43(24-6-1)47-31-13-14-33-50(47)51-34-16-19-38-54(51)61-55-39-20-17-35-52(55)60-57(61)41-22-42-58(60)62(53-37-18-15-32-48(53)44-25-7-2-8-26-44)56-40-21-36-49(45-27-9-3-10-28-45)59(56)46-29-11-4-12-30-46/h1-42H. The minimum Gasteiger partial charge on any atom is -0.309 e. The number of nitrogens with zero attached hydrogens (tertiary/aromatic N) is 2. The van der Waals surface area contributed by atoms with Crippen LogP contribution >= 0.6 is 0 Å². The Morgan fingerprint density at radius 2 is 0.694 bits per heavy atom. The number of hydrogen-bond donors (Lipinski definition) is 0. The summed E-state index contributed by atoms with van der Waals surface area (Å²) in [5.41, 5.74) is 18.5. The first-order valence-corrected chi connectivity index (χ1v) is 21.3. The maximum Gasteiger partial charge on any atom is 0.0562 e. The van der Waals surface area contributed by atoms with E-state index in [2.05, 4.69) is 264 Å². The molecule has 0 bridgehead atoms. The third-order valence-corrected chi connectivity index (χ3v) is 12.0. The molecule has 0 aliphatic rings. The molecule has 1 aromatic heterocycles. The van der Waals surface area contributed by atoms with E-state index in [0.717, 1.165) is 50.5 Å². The van der Waals surface area contributed by atoms with Gasteiger partial charge in [0, 0.05) is 27.5 Å². The van der Waals surface area contributed by atoms with Crippen LogP contribution in [0.15, 0.2) is 255 Å². The largest absolute Gasteiger partial charge is 0.309 e. The molecule has 2 heteroatoms. The van der Waals surface area contributed by atoms with Crippen LogP contribution in [0.2, 0.25) is 0 Å². The van der Waals surface area contributed by atoms with Crippen LogP contribution in [0.4, 0.5) is 17.1 Å². The van der Waals surface area contributed by atoms with E-state index >= 15 is 0 Å². The number of para-hydroxylation sites is 3. The van der Waals surface area contributed by atoms with Gasteiger partial charge in [0.15, 0.2) is 0 Å². The molecule has 292 valence electrons. The average molecular weight is 791 g/mol. The SMILES string of the molecule is c1ccc(-c2ccccc2-c2ccccc2-n2c3ccccc3c3c(N(c4ccccc4-c4ccccc4)c4cccc(-c5ccccc5)c4-c4ccccc4)cccc32)cc1. The summed E-state index contributed by atoms with van der Waals surface area (Å²) in [6.45, 7) is 0. The van der Waals surface area contributed by atoms with Crippen molar-refractivity contribution in [3.05, 3.63) is 255 Å². The van der Waals surface area contributed by atoms with Crippen molar-refractivity contribution in [1.82, 2.24) is 4.57 Å². The molecule has 0 atom stereocenters. The highest BCUT2D eigenvalue weighted by Gasteiger charge is 2.27. The topological polar surface area (TPSA) is 8.17 Å². The van der Waals surface area contributed by atoms with Gasteiger partial charge in [-0.25, -0.2) is 0 Å². The molecular weight excluding hydrogens is 749 g/mol. The van der Waals surface area contributed by atoms with E-state index in [9.17, 15) is 0 Å². The van der Waals surface area contributed by atoms with Gasteiger partial charge in [-0.1, -0.05) is 218 Å². The molecule has 11 rings (SSSR count). The third-order valence-electron chi connectivity index (χ3n) is 12.0. The lowest BCUT2D eigenvalue weighted by atomic mass is 9.91. The van der Waals surface area contributed by atoms with Gasteiger partial charge < -0.3 is 9.47 Å². The summed E-state index contributed by atoms with van der Waals surface area (Å²) in [7, 11) is 0. The molecule has 0 saturated carbocycles. The van der Waals surface area contributed by atoms with E-state index in [1.807, 2.05) is 0 Å². The summed E-state index contributed by atoms with van der Waals surface area (Å²) < 4.78 is 2.48. The van der Waals surface area contributed by atoms with Crippen LogP contribution in [-0.2, 0) is 0 Å². The van der Waals surface area contributed by atoms with Gasteiger partial charge in [-0.3, -0.25) is 0 Å². The highest BCUT2D eigenvalue weighted by Crippen LogP contribution is 2.51. The molecule has 11 aromatic rings. The summed E-state index contributed by atoms with van der Waals surface area (Å²) in [4.78, 5) is 2.52. The first kappa shape index (κ1) is 36.8. The Bertz CT molecular complexity index is 3330. The van der Waals surface area contributed by atoms with Gasteiger partial charge in [-0.2, -0.15) is 0 Å². The Morgan fingerprint density at radius 1 is 0.258 bits per heavy atom. The lowest BCUT2D eigenvalue weighted by molar-refractivity contribution is 1.18. The lowest BCUT2D eigenvalue weighted by Crippen LogP contribution is -2.13. The van der Waals surface area contributed by atoms with Crippen LogP contribution in [0.3, 0.4) is 0 Å². The Hall–Kier alpha value is -8.20. The second-order valence-electron chi connectivity index (χ2n) is 15.6. The Balaban J connectivity index is 1.24. The number of benzene rings is 10. The van der Waals surface area contributed by atoms with E-state index in [1.165, 1.54) is 49.7 Å². The summed E-state index contributed by atoms with van der Waals surface area (Å²) in [6, 6.07) is 92.1. The number of aromatic nitrogens is 1. The molecule has 0 amide bonds. The molecular formula is C60H42N2. The number of rotatable bonds is 9. The van der Waals surface area contributed by atoms with Gasteiger partial charge in [0.2, 0.25) is 0 Å². The Morgan fingerprint density at radius 3 is 1.39 bits per heavy atom. The van der Waals surface area contributed by atoms with Crippen molar-refractivity contribution in [2.45, 2.75) is 0 Å². The summed E-state index contributed by atoms with van der Waals surface area (Å²) >= 11 is 0. The predicted octanol–water partition coefficient (Wildman–Crippen LogP) is 16.6. The van der Waals surface area contributed by atoms with E-state index < -0.39 is 0 Å². The molecule has 0 fully saturated rings. The monoisotopic (exact) mass is 790 g/mol. The minimum atomic E-state index is 1.10. The maximum absolute atomic E-state index is 2.52. The van der Waals surface area contributed by atoms with Gasteiger partial charge in [-0.05, 0) is 75.3 Å². The molecule has 62 heavy (non-hydrogen) atoms. The zero-order valence-corrected chi connectivity index (χ0v) is 34.1. The van der Waals surface area contributed by atoms with Crippen molar-refractivity contribution in [3.8, 4) is 61.3 Å². The summed E-state index contributed by atoms with van der Waals surface area (Å²) in [6.07, 6.45) is 0. The normalized spacial score (nSPS) is 11.2. The molecule has 10 aromatic carbocycles. The van der Waals surface area contributed by atoms with Crippen molar-refractivity contribution < 1.29 is 0 Å². The van der Waals surface area contributed by atoms with Crippen LogP contribution in [0.5, 0.6) is 0 Å². The minimum absolute atomic E-state index is 1.10. The fraction of sp³-hybridized carbons (Fsp3) is 0. The maximum atomic E-state index is 2.52. The molecule has 0 N–H and O–H groups in total. The van der Waals surface area contributed by atoms with Gasteiger partial charge in [0.25, 0.3) is 0 Å². The highest BCUT2D eigenvalue weighted by atomic mass is 15.2. The fourth-order valence-corrected chi connectivity index (χ4v) is 9.34. The van der Waals surface area contributed by atoms with Crippen molar-refractivity contribution in [1.29, 1.82) is 0 Å². The van der Waals surface area contributed by atoms with Crippen LogP contribution < -0.4 is 4.90 Å². The second-order valence-corrected chi connectivity index (χ2v) is 15.6. The number of anilines is 3. The Labute approximate surface area is 362 Å². The van der Waals surface area contributed by atoms with E-state index in [1.54, 1.807) is 0 Å². The second kappa shape index (κ2) is 16.1. The van der Waals surface area contributed by atoms with Crippen LogP contribution in [-0.4, -0.2) is 4.57 Å². The van der Waals surface area contributed by atoms with Crippen LogP contribution in [0.1, 0.15) is 0 Å². The van der Waals surface area contributed by atoms with Crippen LogP contribution in [0, 0.1) is 0 Å². The molecule has 0 aliphatic carbocycles. The molecule has 1 heterocycles. The first-order valence-electron chi connectivity index (χ1n) is 21.3. The van der Waals surface area contributed by atoms with Crippen molar-refractivity contribution in [2.24, 2.45) is 0 Å². The van der Waals surface area contributed by atoms with Crippen molar-refractivity contribution in [2.75, 3.05) is 4.90 Å². The molecule has 0 aliphatic heterocycles. The Kier molecular flexibility index (Phi) is 9.57. The predicted molar refractivity (Wildman–Crippen MR) is 263 cm³/mol. The quantitative estimate of drug-likeness (QED) is 0.141. The molecule has 0 saturated heterocycles. The zero-order chi connectivity index (χ0) is 41.2. The summed E-state index contributed by atoms with van der Waals surface area (Å²) in [5.74, 6) is 0.